The number of aromatic nitrogens is 4. The first-order valence-electron chi connectivity index (χ1n) is 9.50. The fourth-order valence-electron chi connectivity index (χ4n) is 3.64. The number of nitrogens with zero attached hydrogens (tertiary/aromatic N) is 3. The van der Waals surface area contributed by atoms with Crippen molar-refractivity contribution in [2.45, 2.75) is 32.0 Å². The van der Waals surface area contributed by atoms with E-state index in [4.69, 9.17) is 9.47 Å². The highest BCUT2D eigenvalue weighted by Crippen LogP contribution is 2.35. The molecule has 0 saturated heterocycles. The van der Waals surface area contributed by atoms with Crippen LogP contribution in [-0.2, 0) is 7.05 Å². The third-order valence-electron chi connectivity index (χ3n) is 5.07. The lowest BCUT2D eigenvalue weighted by Gasteiger charge is -2.25. The van der Waals surface area contributed by atoms with Gasteiger partial charge >= 0.3 is 0 Å². The van der Waals surface area contributed by atoms with Gasteiger partial charge in [0, 0.05) is 18.3 Å². The van der Waals surface area contributed by atoms with Crippen molar-refractivity contribution in [1.82, 2.24) is 19.7 Å². The fourth-order valence-corrected chi connectivity index (χ4v) is 4.43. The van der Waals surface area contributed by atoms with Gasteiger partial charge < -0.3 is 19.0 Å². The van der Waals surface area contributed by atoms with Crippen LogP contribution in [-0.4, -0.2) is 43.7 Å². The summed E-state index contributed by atoms with van der Waals surface area (Å²) in [7, 11) is 1.84. The number of aryl methyl sites for hydroxylation is 1. The second kappa shape index (κ2) is 7.98. The van der Waals surface area contributed by atoms with Gasteiger partial charge in [-0.15, -0.1) is 10.2 Å². The van der Waals surface area contributed by atoms with Crippen LogP contribution in [0.15, 0.2) is 29.4 Å². The number of para-hydroxylation sites is 2. The third kappa shape index (κ3) is 3.60. The zero-order chi connectivity index (χ0) is 21.4. The van der Waals surface area contributed by atoms with E-state index in [0.29, 0.717) is 51.6 Å². The molecule has 0 fully saturated rings. The molecule has 1 unspecified atom stereocenters. The Morgan fingerprint density at radius 1 is 1.23 bits per heavy atom. The second-order valence-corrected chi connectivity index (χ2v) is 8.10. The maximum Gasteiger partial charge on any atom is 0.192 e. The van der Waals surface area contributed by atoms with Crippen molar-refractivity contribution < 1.29 is 19.1 Å². The summed E-state index contributed by atoms with van der Waals surface area (Å²) in [5.74, 6) is 2.03. The molecule has 1 aliphatic rings. The molecule has 0 aliphatic carbocycles. The number of Topliss-reactive ketones (excluding diaryl/α,β-unsaturated/α-hetero) is 2. The van der Waals surface area contributed by atoms with Crippen LogP contribution >= 0.6 is 11.8 Å². The summed E-state index contributed by atoms with van der Waals surface area (Å²) in [5.41, 5.74) is 2.45. The zero-order valence-electron chi connectivity index (χ0n) is 17.2. The standard InChI is InChI=1S/C21H22N4O4S/c1-11-18(13(3)26)12(2)22-19(11)14(27)10-30-21-24-23-20(25(21)4)17-9-28-15-7-5-6-8-16(15)29-17/h5-8,17,22H,9-10H2,1-4H3. The summed E-state index contributed by atoms with van der Waals surface area (Å²) in [6.45, 7) is 5.42. The molecule has 1 aromatic carbocycles. The minimum Gasteiger partial charge on any atom is -0.485 e. The molecule has 156 valence electrons. The first-order valence-corrected chi connectivity index (χ1v) is 10.5. The summed E-state index contributed by atoms with van der Waals surface area (Å²) in [6.07, 6.45) is -0.381. The third-order valence-corrected chi connectivity index (χ3v) is 6.09. The van der Waals surface area contributed by atoms with Crippen LogP contribution in [0, 0.1) is 13.8 Å². The zero-order valence-corrected chi connectivity index (χ0v) is 18.0. The molecule has 0 saturated carbocycles. The average Bonchev–Trinajstić information content (AvgIpc) is 3.24. The highest BCUT2D eigenvalue weighted by atomic mass is 32.2. The van der Waals surface area contributed by atoms with E-state index in [-0.39, 0.29) is 23.4 Å². The summed E-state index contributed by atoms with van der Waals surface area (Å²) in [4.78, 5) is 27.6. The molecule has 1 aliphatic heterocycles. The number of nitrogens with one attached hydrogen (secondary N) is 1. The topological polar surface area (TPSA) is 99.1 Å². The minimum absolute atomic E-state index is 0.0535. The Labute approximate surface area is 178 Å². The van der Waals surface area contributed by atoms with E-state index in [1.54, 1.807) is 13.8 Å². The lowest BCUT2D eigenvalue weighted by atomic mass is 10.1. The molecule has 1 atom stereocenters. The maximum absolute atomic E-state index is 12.7. The number of carbonyl (C=O) groups excluding carboxylic acids is 2. The van der Waals surface area contributed by atoms with Gasteiger partial charge in [-0.05, 0) is 38.5 Å². The summed E-state index contributed by atoms with van der Waals surface area (Å²) in [6, 6.07) is 7.48. The fraction of sp³-hybridized carbons (Fsp3) is 0.333. The van der Waals surface area contributed by atoms with Crippen LogP contribution in [0.1, 0.15) is 51.0 Å². The van der Waals surface area contributed by atoms with Gasteiger partial charge in [-0.2, -0.15) is 0 Å². The molecule has 9 heteroatoms. The second-order valence-electron chi connectivity index (χ2n) is 7.16. The van der Waals surface area contributed by atoms with Gasteiger partial charge in [-0.3, -0.25) is 9.59 Å². The normalized spacial score (nSPS) is 15.3. The first-order chi connectivity index (χ1) is 14.4. The molecular weight excluding hydrogens is 404 g/mol. The first kappa shape index (κ1) is 20.2. The Morgan fingerprint density at radius 3 is 2.67 bits per heavy atom. The Morgan fingerprint density at radius 2 is 1.97 bits per heavy atom. The average molecular weight is 426 g/mol. The van der Waals surface area contributed by atoms with E-state index in [1.807, 2.05) is 35.9 Å². The van der Waals surface area contributed by atoms with Crippen molar-refractivity contribution in [2.24, 2.45) is 7.05 Å². The number of hydrogen-bond donors (Lipinski definition) is 1. The lowest BCUT2D eigenvalue weighted by molar-refractivity contribution is 0.0825. The van der Waals surface area contributed by atoms with Gasteiger partial charge in [0.05, 0.1) is 11.4 Å². The molecule has 0 spiro atoms. The molecule has 8 nitrogen and oxygen atoms in total. The van der Waals surface area contributed by atoms with Crippen molar-refractivity contribution in [1.29, 1.82) is 0 Å². The Kier molecular flexibility index (Phi) is 5.38. The molecule has 2 aromatic heterocycles. The smallest absolute Gasteiger partial charge is 0.192 e. The van der Waals surface area contributed by atoms with E-state index in [0.717, 1.165) is 0 Å². The lowest BCUT2D eigenvalue weighted by Crippen LogP contribution is -2.24. The SMILES string of the molecule is CC(=O)c1c(C)[nH]c(C(=O)CSc2nnc(C3COc4ccccc4O3)n2C)c1C. The van der Waals surface area contributed by atoms with E-state index < -0.39 is 0 Å². The summed E-state index contributed by atoms with van der Waals surface area (Å²) >= 11 is 1.29. The van der Waals surface area contributed by atoms with Crippen molar-refractivity contribution in [3.05, 3.63) is 52.6 Å². The molecule has 0 bridgehead atoms. The monoisotopic (exact) mass is 426 g/mol. The number of carbonyl (C=O) groups is 2. The largest absolute Gasteiger partial charge is 0.485 e. The summed E-state index contributed by atoms with van der Waals surface area (Å²) < 4.78 is 13.6. The van der Waals surface area contributed by atoms with Crippen molar-refractivity contribution in [3.8, 4) is 11.5 Å². The van der Waals surface area contributed by atoms with Gasteiger partial charge in [0.1, 0.15) is 6.61 Å². The summed E-state index contributed by atoms with van der Waals surface area (Å²) in [5, 5.41) is 9.06. The van der Waals surface area contributed by atoms with Gasteiger partial charge in [0.2, 0.25) is 0 Å². The number of ether oxygens (including phenoxy) is 2. The molecular formula is C21H22N4O4S. The van der Waals surface area contributed by atoms with Crippen LogP contribution in [0.25, 0.3) is 0 Å². The quantitative estimate of drug-likeness (QED) is 0.476. The van der Waals surface area contributed by atoms with Crippen LogP contribution in [0.4, 0.5) is 0 Å². The highest BCUT2D eigenvalue weighted by molar-refractivity contribution is 7.99. The van der Waals surface area contributed by atoms with E-state index in [1.165, 1.54) is 18.7 Å². The molecule has 0 radical (unpaired) electrons. The number of ketones is 2. The van der Waals surface area contributed by atoms with Crippen LogP contribution in [0.2, 0.25) is 0 Å². The van der Waals surface area contributed by atoms with Gasteiger partial charge in [0.25, 0.3) is 0 Å². The predicted octanol–water partition coefficient (Wildman–Crippen LogP) is 3.45. The number of rotatable bonds is 6. The predicted molar refractivity (Wildman–Crippen MR) is 112 cm³/mol. The van der Waals surface area contributed by atoms with Gasteiger partial charge in [-0.1, -0.05) is 23.9 Å². The number of H-pyrrole nitrogens is 1. The Hall–Kier alpha value is -3.07. The van der Waals surface area contributed by atoms with Crippen LogP contribution < -0.4 is 9.47 Å². The van der Waals surface area contributed by atoms with E-state index in [2.05, 4.69) is 15.2 Å². The minimum atomic E-state index is -0.381. The number of aromatic amines is 1. The van der Waals surface area contributed by atoms with Crippen LogP contribution in [0.3, 0.4) is 0 Å². The maximum atomic E-state index is 12.7. The molecule has 4 rings (SSSR count). The van der Waals surface area contributed by atoms with Gasteiger partial charge in [0.15, 0.2) is 40.2 Å². The number of thioether (sulfide) groups is 1. The van der Waals surface area contributed by atoms with Crippen molar-refractivity contribution in [3.63, 3.8) is 0 Å². The Balaban J connectivity index is 1.46. The number of fused-ring (bicyclic) bond motifs is 1. The van der Waals surface area contributed by atoms with Gasteiger partial charge in [-0.25, -0.2) is 0 Å². The van der Waals surface area contributed by atoms with Crippen LogP contribution in [0.5, 0.6) is 11.5 Å². The molecule has 30 heavy (non-hydrogen) atoms. The molecule has 0 amide bonds. The van der Waals surface area contributed by atoms with E-state index >= 15 is 0 Å². The highest BCUT2D eigenvalue weighted by Gasteiger charge is 2.28. The van der Waals surface area contributed by atoms with E-state index in [9.17, 15) is 9.59 Å². The Bertz CT molecular complexity index is 1130. The molecule has 3 heterocycles. The molecule has 3 aromatic rings. The van der Waals surface area contributed by atoms with Crippen molar-refractivity contribution in [2.75, 3.05) is 12.4 Å². The van der Waals surface area contributed by atoms with Crippen molar-refractivity contribution >= 4 is 23.3 Å². The molecule has 1 N–H and O–H groups in total. The number of benzene rings is 1. The number of hydrogen-bond acceptors (Lipinski definition) is 7.